The zero-order valence-electron chi connectivity index (χ0n) is 11.6. The van der Waals surface area contributed by atoms with E-state index in [0.717, 1.165) is 9.35 Å². The second-order valence-corrected chi connectivity index (χ2v) is 6.26. The largest absolute Gasteiger partial charge is 0.326 e. The highest BCUT2D eigenvalue weighted by Gasteiger charge is 2.06. The second kappa shape index (κ2) is 8.45. The lowest BCUT2D eigenvalue weighted by Gasteiger charge is -2.04. The number of nitrogens with zero attached hydrogens (tertiary/aromatic N) is 1. The zero-order valence-corrected chi connectivity index (χ0v) is 14.0. The molecule has 0 bridgehead atoms. The van der Waals surface area contributed by atoms with E-state index in [9.17, 15) is 9.59 Å². The van der Waals surface area contributed by atoms with Crippen LogP contribution in [-0.4, -0.2) is 18.0 Å². The van der Waals surface area contributed by atoms with E-state index in [-0.39, 0.29) is 24.7 Å². The van der Waals surface area contributed by atoms with Gasteiger partial charge >= 0.3 is 0 Å². The number of thiophene rings is 1. The van der Waals surface area contributed by atoms with E-state index >= 15 is 0 Å². The number of amides is 2. The van der Waals surface area contributed by atoms with Crippen LogP contribution in [-0.2, 0) is 9.59 Å². The number of nitrogens with one attached hydrogen (secondary N) is 2. The zero-order chi connectivity index (χ0) is 15.8. The van der Waals surface area contributed by atoms with Gasteiger partial charge in [0.05, 0.1) is 6.21 Å². The van der Waals surface area contributed by atoms with Gasteiger partial charge in [0.1, 0.15) is 0 Å². The van der Waals surface area contributed by atoms with Crippen LogP contribution in [0.4, 0.5) is 5.69 Å². The molecule has 0 atom stereocenters. The molecule has 0 saturated heterocycles. The topological polar surface area (TPSA) is 70.6 Å². The maximum Gasteiger partial charge on any atom is 0.240 e. The first-order valence-corrected chi connectivity index (χ1v) is 8.21. The van der Waals surface area contributed by atoms with Crippen LogP contribution < -0.4 is 10.7 Å². The van der Waals surface area contributed by atoms with Crippen LogP contribution in [0.25, 0.3) is 0 Å². The Kier molecular flexibility index (Phi) is 6.29. The van der Waals surface area contributed by atoms with Gasteiger partial charge in [-0.15, -0.1) is 11.3 Å². The van der Waals surface area contributed by atoms with Crippen LogP contribution in [0.5, 0.6) is 0 Å². The van der Waals surface area contributed by atoms with Crippen molar-refractivity contribution < 1.29 is 9.59 Å². The summed E-state index contributed by atoms with van der Waals surface area (Å²) in [6.45, 7) is 0. The summed E-state index contributed by atoms with van der Waals surface area (Å²) in [5.74, 6) is -0.501. The van der Waals surface area contributed by atoms with Crippen molar-refractivity contribution in [3.63, 3.8) is 0 Å². The Bertz CT molecular complexity index is 654. The van der Waals surface area contributed by atoms with Crippen LogP contribution in [0.2, 0.25) is 0 Å². The smallest absolute Gasteiger partial charge is 0.240 e. The molecule has 1 heterocycles. The normalized spacial score (nSPS) is 10.6. The van der Waals surface area contributed by atoms with E-state index in [4.69, 9.17) is 0 Å². The highest BCUT2D eigenvalue weighted by Crippen LogP contribution is 2.14. The molecule has 0 spiro atoms. The standard InChI is InChI=1S/C15H14BrN3O2S/c16-11-3-5-12(6-4-11)18-14(20)7-8-15(21)19-17-10-13-2-1-9-22-13/h1-6,9-10H,7-8H2,(H,18,20)(H,19,21)/b17-10-. The summed E-state index contributed by atoms with van der Waals surface area (Å²) in [6, 6.07) is 11.0. The van der Waals surface area contributed by atoms with Crippen LogP contribution in [0.3, 0.4) is 0 Å². The highest BCUT2D eigenvalue weighted by atomic mass is 79.9. The molecule has 0 saturated carbocycles. The van der Waals surface area contributed by atoms with Gasteiger partial charge in [-0.3, -0.25) is 9.59 Å². The van der Waals surface area contributed by atoms with Crippen molar-refractivity contribution in [2.24, 2.45) is 5.10 Å². The van der Waals surface area contributed by atoms with Crippen molar-refractivity contribution >= 4 is 51.0 Å². The Morgan fingerprint density at radius 3 is 2.55 bits per heavy atom. The molecule has 7 heteroatoms. The average molecular weight is 380 g/mol. The molecule has 114 valence electrons. The molecule has 0 aliphatic heterocycles. The lowest BCUT2D eigenvalue weighted by Crippen LogP contribution is -2.20. The quantitative estimate of drug-likeness (QED) is 0.596. The van der Waals surface area contributed by atoms with Gasteiger partial charge in [-0.1, -0.05) is 22.0 Å². The minimum absolute atomic E-state index is 0.0874. The number of rotatable bonds is 6. The summed E-state index contributed by atoms with van der Waals surface area (Å²) >= 11 is 4.85. The van der Waals surface area contributed by atoms with E-state index in [1.807, 2.05) is 29.6 Å². The second-order valence-electron chi connectivity index (χ2n) is 4.36. The predicted octanol–water partition coefficient (Wildman–Crippen LogP) is 3.38. The molecule has 2 aromatic rings. The molecule has 0 radical (unpaired) electrons. The number of carbonyl (C=O) groups excluding carboxylic acids is 2. The third-order valence-electron chi connectivity index (χ3n) is 2.63. The van der Waals surface area contributed by atoms with E-state index in [2.05, 4.69) is 31.8 Å². The predicted molar refractivity (Wildman–Crippen MR) is 92.1 cm³/mol. The summed E-state index contributed by atoms with van der Waals surface area (Å²) in [7, 11) is 0. The van der Waals surface area contributed by atoms with Gasteiger partial charge in [0.25, 0.3) is 0 Å². The van der Waals surface area contributed by atoms with Crippen molar-refractivity contribution in [3.8, 4) is 0 Å². The third-order valence-corrected chi connectivity index (χ3v) is 3.97. The number of hydrazone groups is 1. The lowest BCUT2D eigenvalue weighted by molar-refractivity contribution is -0.124. The number of halogens is 1. The van der Waals surface area contributed by atoms with Gasteiger partial charge in [0, 0.05) is 27.9 Å². The molecule has 0 unspecified atom stereocenters. The van der Waals surface area contributed by atoms with Crippen LogP contribution in [0.1, 0.15) is 17.7 Å². The molecule has 1 aromatic carbocycles. The van der Waals surface area contributed by atoms with Gasteiger partial charge in [0.2, 0.25) is 11.8 Å². The average Bonchev–Trinajstić information content (AvgIpc) is 3.01. The van der Waals surface area contributed by atoms with Crippen LogP contribution in [0.15, 0.2) is 51.4 Å². The minimum Gasteiger partial charge on any atom is -0.326 e. The molecule has 0 fully saturated rings. The molecule has 2 rings (SSSR count). The molecular weight excluding hydrogens is 366 g/mol. The number of hydrogen-bond acceptors (Lipinski definition) is 4. The molecule has 0 aliphatic carbocycles. The number of carbonyl (C=O) groups is 2. The number of anilines is 1. The third kappa shape index (κ3) is 5.79. The Morgan fingerprint density at radius 1 is 1.14 bits per heavy atom. The van der Waals surface area contributed by atoms with E-state index < -0.39 is 0 Å². The highest BCUT2D eigenvalue weighted by molar-refractivity contribution is 9.10. The minimum atomic E-state index is -0.293. The lowest BCUT2D eigenvalue weighted by atomic mass is 10.2. The Balaban J connectivity index is 1.69. The van der Waals surface area contributed by atoms with Crippen molar-refractivity contribution in [3.05, 3.63) is 51.1 Å². The van der Waals surface area contributed by atoms with Crippen molar-refractivity contribution in [1.82, 2.24) is 5.43 Å². The summed E-state index contributed by atoms with van der Waals surface area (Å²) in [6.07, 6.45) is 1.77. The summed E-state index contributed by atoms with van der Waals surface area (Å²) in [5.41, 5.74) is 3.10. The maximum absolute atomic E-state index is 11.7. The van der Waals surface area contributed by atoms with Gasteiger partial charge in [-0.05, 0) is 35.7 Å². The van der Waals surface area contributed by atoms with Crippen molar-refractivity contribution in [2.75, 3.05) is 5.32 Å². The molecule has 5 nitrogen and oxygen atoms in total. The molecule has 1 aromatic heterocycles. The van der Waals surface area contributed by atoms with E-state index in [1.165, 1.54) is 11.3 Å². The molecule has 2 amide bonds. The first-order chi connectivity index (χ1) is 10.6. The van der Waals surface area contributed by atoms with Gasteiger partial charge in [-0.25, -0.2) is 5.43 Å². The fourth-order valence-electron chi connectivity index (χ4n) is 1.57. The number of hydrogen-bond donors (Lipinski definition) is 2. The number of benzene rings is 1. The van der Waals surface area contributed by atoms with Gasteiger partial charge in [0.15, 0.2) is 0 Å². The van der Waals surface area contributed by atoms with Crippen molar-refractivity contribution in [1.29, 1.82) is 0 Å². The molecule has 0 aliphatic rings. The van der Waals surface area contributed by atoms with Gasteiger partial charge in [-0.2, -0.15) is 5.10 Å². The van der Waals surface area contributed by atoms with Crippen LogP contribution in [0, 0.1) is 0 Å². The maximum atomic E-state index is 11.7. The van der Waals surface area contributed by atoms with Crippen LogP contribution >= 0.6 is 27.3 Å². The molecular formula is C15H14BrN3O2S. The Labute approximate surface area is 140 Å². The summed E-state index contributed by atoms with van der Waals surface area (Å²) in [4.78, 5) is 24.2. The van der Waals surface area contributed by atoms with Crippen molar-refractivity contribution in [2.45, 2.75) is 12.8 Å². The molecule has 22 heavy (non-hydrogen) atoms. The Morgan fingerprint density at radius 2 is 1.86 bits per heavy atom. The fourth-order valence-corrected chi connectivity index (χ4v) is 2.42. The SMILES string of the molecule is O=C(CCC(=O)Nc1ccc(Br)cc1)N/N=C\c1cccs1. The first kappa shape index (κ1) is 16.4. The fraction of sp³-hybridized carbons (Fsp3) is 0.133. The van der Waals surface area contributed by atoms with E-state index in [1.54, 1.807) is 18.3 Å². The van der Waals surface area contributed by atoms with E-state index in [0.29, 0.717) is 5.69 Å². The Hall–Kier alpha value is -1.99. The summed E-state index contributed by atoms with van der Waals surface area (Å²) in [5, 5.41) is 8.49. The first-order valence-electron chi connectivity index (χ1n) is 6.54. The monoisotopic (exact) mass is 379 g/mol. The summed E-state index contributed by atoms with van der Waals surface area (Å²) < 4.78 is 0.938. The molecule has 2 N–H and O–H groups in total. The van der Waals surface area contributed by atoms with Gasteiger partial charge < -0.3 is 5.32 Å².